The lowest BCUT2D eigenvalue weighted by Crippen LogP contribution is -2.44. The Morgan fingerprint density at radius 2 is 1.62 bits per heavy atom. The van der Waals surface area contributed by atoms with Gasteiger partial charge in [-0.25, -0.2) is 0 Å². The van der Waals surface area contributed by atoms with E-state index in [1.165, 1.54) is 6.92 Å². The normalized spacial score (nSPS) is 9.96. The van der Waals surface area contributed by atoms with Gasteiger partial charge in [-0.15, -0.1) is 0 Å². The average molecular weight is 354 g/mol. The van der Waals surface area contributed by atoms with E-state index in [0.717, 1.165) is 16.8 Å². The zero-order valence-electron chi connectivity index (χ0n) is 15.0. The van der Waals surface area contributed by atoms with Crippen molar-refractivity contribution in [2.45, 2.75) is 20.8 Å². The summed E-state index contributed by atoms with van der Waals surface area (Å²) >= 11 is 0. The van der Waals surface area contributed by atoms with Crippen molar-refractivity contribution in [1.29, 1.82) is 0 Å². The van der Waals surface area contributed by atoms with Crippen molar-refractivity contribution >= 4 is 29.1 Å². The monoisotopic (exact) mass is 354 g/mol. The highest BCUT2D eigenvalue weighted by Crippen LogP contribution is 2.15. The van der Waals surface area contributed by atoms with E-state index < -0.39 is 5.91 Å². The van der Waals surface area contributed by atoms with Gasteiger partial charge in [0.05, 0.1) is 6.54 Å². The first-order chi connectivity index (χ1) is 12.3. The van der Waals surface area contributed by atoms with Crippen LogP contribution in [0.5, 0.6) is 0 Å². The fraction of sp³-hybridized carbons (Fsp3) is 0.211. The van der Waals surface area contributed by atoms with Crippen molar-refractivity contribution in [2.75, 3.05) is 17.2 Å². The molecule has 136 valence electrons. The minimum absolute atomic E-state index is 0.0334. The predicted octanol–water partition coefficient (Wildman–Crippen LogP) is 2.13. The number of carbonyl (C=O) groups is 3. The Hall–Kier alpha value is -3.35. The van der Waals surface area contributed by atoms with Crippen LogP contribution >= 0.6 is 0 Å². The van der Waals surface area contributed by atoms with Gasteiger partial charge in [0.1, 0.15) is 0 Å². The number of carbonyl (C=O) groups excluding carboxylic acids is 3. The third-order valence-corrected chi connectivity index (χ3v) is 3.60. The molecule has 3 amide bonds. The number of nitrogens with one attached hydrogen (secondary N) is 4. The summed E-state index contributed by atoms with van der Waals surface area (Å²) in [6.45, 7) is 5.40. The molecule has 0 spiro atoms. The molecule has 0 aliphatic carbocycles. The van der Waals surface area contributed by atoms with Crippen LogP contribution in [0.1, 0.15) is 28.4 Å². The Kier molecular flexibility index (Phi) is 6.32. The molecular formula is C19H22N4O3. The van der Waals surface area contributed by atoms with Crippen LogP contribution in [-0.4, -0.2) is 24.3 Å². The van der Waals surface area contributed by atoms with Crippen molar-refractivity contribution in [3.63, 3.8) is 0 Å². The van der Waals surface area contributed by atoms with Gasteiger partial charge in [-0.2, -0.15) is 0 Å². The lowest BCUT2D eigenvalue weighted by atomic mass is 10.1. The smallest absolute Gasteiger partial charge is 0.269 e. The molecule has 0 bridgehead atoms. The zero-order chi connectivity index (χ0) is 19.1. The largest absolute Gasteiger partial charge is 0.376 e. The van der Waals surface area contributed by atoms with Gasteiger partial charge in [-0.3, -0.25) is 25.2 Å². The van der Waals surface area contributed by atoms with Gasteiger partial charge in [0.2, 0.25) is 5.91 Å². The van der Waals surface area contributed by atoms with Crippen LogP contribution in [0.3, 0.4) is 0 Å². The number of aryl methyl sites for hydroxylation is 2. The van der Waals surface area contributed by atoms with Crippen molar-refractivity contribution in [2.24, 2.45) is 0 Å². The summed E-state index contributed by atoms with van der Waals surface area (Å²) in [5.74, 6) is -1.00. The third kappa shape index (κ3) is 5.62. The Labute approximate surface area is 152 Å². The van der Waals surface area contributed by atoms with Gasteiger partial charge in [-0.1, -0.05) is 17.7 Å². The molecule has 2 aromatic carbocycles. The summed E-state index contributed by atoms with van der Waals surface area (Å²) in [7, 11) is 0. The summed E-state index contributed by atoms with van der Waals surface area (Å²) in [5.41, 5.74) is 8.72. The summed E-state index contributed by atoms with van der Waals surface area (Å²) in [6, 6.07) is 12.2. The average Bonchev–Trinajstić information content (AvgIpc) is 2.59. The number of amides is 3. The van der Waals surface area contributed by atoms with Gasteiger partial charge < -0.3 is 10.6 Å². The number of anilines is 2. The first kappa shape index (κ1) is 19.0. The lowest BCUT2D eigenvalue weighted by molar-refractivity contribution is -0.120. The molecule has 0 aromatic heterocycles. The standard InChI is InChI=1S/C19H22N4O3/c1-12-4-9-17(13(2)10-12)20-11-18(25)22-23-19(26)15-5-7-16(8-6-15)21-14(3)24/h4-10,20H,11H2,1-3H3,(H,21,24)(H,22,25)(H,23,26). The maximum atomic E-state index is 12.0. The van der Waals surface area contributed by atoms with E-state index in [1.54, 1.807) is 24.3 Å². The highest BCUT2D eigenvalue weighted by atomic mass is 16.2. The first-order valence-electron chi connectivity index (χ1n) is 8.13. The number of hydrazine groups is 1. The van der Waals surface area contributed by atoms with Gasteiger partial charge >= 0.3 is 0 Å². The zero-order valence-corrected chi connectivity index (χ0v) is 15.0. The van der Waals surface area contributed by atoms with Gasteiger partial charge in [-0.05, 0) is 49.7 Å². The summed E-state index contributed by atoms with van der Waals surface area (Å²) in [4.78, 5) is 34.9. The minimum Gasteiger partial charge on any atom is -0.376 e. The van der Waals surface area contributed by atoms with E-state index in [-0.39, 0.29) is 18.4 Å². The number of hydrogen-bond acceptors (Lipinski definition) is 4. The van der Waals surface area contributed by atoms with Crippen LogP contribution in [0, 0.1) is 13.8 Å². The van der Waals surface area contributed by atoms with Crippen molar-refractivity contribution < 1.29 is 14.4 Å². The first-order valence-corrected chi connectivity index (χ1v) is 8.13. The molecule has 0 aliphatic heterocycles. The Balaban J connectivity index is 1.81. The molecule has 4 N–H and O–H groups in total. The van der Waals surface area contributed by atoms with Crippen molar-refractivity contribution in [3.8, 4) is 0 Å². The predicted molar refractivity (Wildman–Crippen MR) is 101 cm³/mol. The quantitative estimate of drug-likeness (QED) is 0.618. The van der Waals surface area contributed by atoms with Crippen LogP contribution in [0.4, 0.5) is 11.4 Å². The second-order valence-corrected chi connectivity index (χ2v) is 5.93. The molecule has 0 aliphatic rings. The topological polar surface area (TPSA) is 99.3 Å². The summed E-state index contributed by atoms with van der Waals surface area (Å²) < 4.78 is 0. The SMILES string of the molecule is CC(=O)Nc1ccc(C(=O)NNC(=O)CNc2ccc(C)cc2C)cc1. The molecule has 7 nitrogen and oxygen atoms in total. The van der Waals surface area contributed by atoms with Crippen LogP contribution in [-0.2, 0) is 9.59 Å². The maximum Gasteiger partial charge on any atom is 0.269 e. The second-order valence-electron chi connectivity index (χ2n) is 5.93. The Bertz CT molecular complexity index is 816. The summed E-state index contributed by atoms with van der Waals surface area (Å²) in [6.07, 6.45) is 0. The molecule has 26 heavy (non-hydrogen) atoms. The third-order valence-electron chi connectivity index (χ3n) is 3.60. The van der Waals surface area contributed by atoms with Gasteiger partial charge in [0.15, 0.2) is 0 Å². The molecule has 0 heterocycles. The molecular weight excluding hydrogens is 332 g/mol. The maximum absolute atomic E-state index is 12.0. The number of rotatable bonds is 5. The number of benzene rings is 2. The van der Waals surface area contributed by atoms with E-state index >= 15 is 0 Å². The van der Waals surface area contributed by atoms with Crippen LogP contribution in [0.15, 0.2) is 42.5 Å². The van der Waals surface area contributed by atoms with E-state index in [1.807, 2.05) is 32.0 Å². The van der Waals surface area contributed by atoms with Crippen LogP contribution < -0.4 is 21.5 Å². The van der Waals surface area contributed by atoms with Gasteiger partial charge in [0, 0.05) is 23.9 Å². The molecule has 0 atom stereocenters. The van der Waals surface area contributed by atoms with Crippen LogP contribution in [0.25, 0.3) is 0 Å². The highest BCUT2D eigenvalue weighted by molar-refractivity contribution is 5.96. The molecule has 0 radical (unpaired) electrons. The summed E-state index contributed by atoms with van der Waals surface area (Å²) in [5, 5.41) is 5.64. The Morgan fingerprint density at radius 1 is 0.923 bits per heavy atom. The minimum atomic E-state index is -0.445. The fourth-order valence-electron chi connectivity index (χ4n) is 2.34. The van der Waals surface area contributed by atoms with E-state index in [4.69, 9.17) is 0 Å². The molecule has 2 aromatic rings. The fourth-order valence-corrected chi connectivity index (χ4v) is 2.34. The second kappa shape index (κ2) is 8.66. The van der Waals surface area contributed by atoms with E-state index in [9.17, 15) is 14.4 Å². The van der Waals surface area contributed by atoms with Crippen molar-refractivity contribution in [1.82, 2.24) is 10.9 Å². The molecule has 0 saturated heterocycles. The molecule has 7 heteroatoms. The Morgan fingerprint density at radius 3 is 2.23 bits per heavy atom. The van der Waals surface area contributed by atoms with Gasteiger partial charge in [0.25, 0.3) is 11.8 Å². The van der Waals surface area contributed by atoms with Crippen molar-refractivity contribution in [3.05, 3.63) is 59.2 Å². The lowest BCUT2D eigenvalue weighted by Gasteiger charge is -2.11. The molecule has 0 fully saturated rings. The molecule has 0 unspecified atom stereocenters. The molecule has 0 saturated carbocycles. The van der Waals surface area contributed by atoms with E-state index in [2.05, 4.69) is 21.5 Å². The van der Waals surface area contributed by atoms with E-state index in [0.29, 0.717) is 11.3 Å². The molecule has 2 rings (SSSR count). The van der Waals surface area contributed by atoms with Crippen LogP contribution in [0.2, 0.25) is 0 Å². The highest BCUT2D eigenvalue weighted by Gasteiger charge is 2.08. The number of hydrogen-bond donors (Lipinski definition) is 4.